The van der Waals surface area contributed by atoms with Crippen molar-refractivity contribution in [3.8, 4) is 0 Å². The van der Waals surface area contributed by atoms with E-state index in [-0.39, 0.29) is 11.4 Å². The van der Waals surface area contributed by atoms with Crippen molar-refractivity contribution >= 4 is 11.6 Å². The summed E-state index contributed by atoms with van der Waals surface area (Å²) in [6, 6.07) is 6.10. The molecule has 5 nitrogen and oxygen atoms in total. The number of halogens is 1. The van der Waals surface area contributed by atoms with Gasteiger partial charge in [0.05, 0.1) is 6.20 Å². The number of carboxylic acid groups (broad SMARTS) is 1. The Morgan fingerprint density at radius 2 is 2.00 bits per heavy atom. The number of carboxylic acids is 1. The summed E-state index contributed by atoms with van der Waals surface area (Å²) >= 11 is 0. The van der Waals surface area contributed by atoms with E-state index in [1.807, 2.05) is 0 Å². The third-order valence-corrected chi connectivity index (χ3v) is 2.93. The second-order valence-corrected chi connectivity index (χ2v) is 4.18. The lowest BCUT2D eigenvalue weighted by molar-refractivity contribution is 0.0698. The molecule has 0 aliphatic heterocycles. The van der Waals surface area contributed by atoms with E-state index in [1.54, 1.807) is 29.1 Å². The van der Waals surface area contributed by atoms with Gasteiger partial charge in [-0.05, 0) is 17.7 Å². The molecular formula is C13H10FN3O2. The smallest absolute Gasteiger partial charge is 0.341 e. The van der Waals surface area contributed by atoms with Crippen LogP contribution in [0.15, 0.2) is 42.9 Å². The first kappa shape index (κ1) is 11.5. The molecule has 0 atom stereocenters. The predicted molar refractivity (Wildman–Crippen MR) is 65.6 cm³/mol. The molecule has 0 saturated heterocycles. The molecule has 96 valence electrons. The van der Waals surface area contributed by atoms with Gasteiger partial charge in [0.1, 0.15) is 11.4 Å². The standard InChI is InChI=1S/C13H10FN3O2/c14-10-3-1-9(2-4-10)8-16-5-6-17-12(16)11(7-15-17)13(18)19/h1-7H,8H2,(H,18,19). The Labute approximate surface area is 107 Å². The topological polar surface area (TPSA) is 59.5 Å². The van der Waals surface area contributed by atoms with Gasteiger partial charge in [-0.1, -0.05) is 12.1 Å². The fourth-order valence-corrected chi connectivity index (χ4v) is 2.03. The van der Waals surface area contributed by atoms with Crippen LogP contribution in [-0.4, -0.2) is 25.3 Å². The van der Waals surface area contributed by atoms with Crippen molar-refractivity contribution in [1.29, 1.82) is 0 Å². The lowest BCUT2D eigenvalue weighted by Crippen LogP contribution is -2.03. The Balaban J connectivity index is 2.03. The van der Waals surface area contributed by atoms with Crippen molar-refractivity contribution in [3.63, 3.8) is 0 Å². The number of fused-ring (bicyclic) bond motifs is 1. The van der Waals surface area contributed by atoms with Gasteiger partial charge in [-0.25, -0.2) is 13.7 Å². The van der Waals surface area contributed by atoms with Gasteiger partial charge >= 0.3 is 5.97 Å². The quantitative estimate of drug-likeness (QED) is 0.782. The predicted octanol–water partition coefficient (Wildman–Crippen LogP) is 2.02. The number of nitrogens with zero attached hydrogens (tertiary/aromatic N) is 3. The summed E-state index contributed by atoms with van der Waals surface area (Å²) in [5, 5.41) is 13.1. The molecule has 0 fully saturated rings. The highest BCUT2D eigenvalue weighted by Crippen LogP contribution is 2.14. The van der Waals surface area contributed by atoms with Crippen LogP contribution in [0.1, 0.15) is 15.9 Å². The molecule has 0 radical (unpaired) electrons. The Morgan fingerprint density at radius 1 is 1.26 bits per heavy atom. The van der Waals surface area contributed by atoms with Gasteiger partial charge in [-0.3, -0.25) is 0 Å². The number of imidazole rings is 1. The van der Waals surface area contributed by atoms with E-state index in [9.17, 15) is 9.18 Å². The summed E-state index contributed by atoms with van der Waals surface area (Å²) in [6.45, 7) is 0.461. The molecule has 0 amide bonds. The van der Waals surface area contributed by atoms with Gasteiger partial charge in [0, 0.05) is 18.9 Å². The van der Waals surface area contributed by atoms with E-state index in [0.29, 0.717) is 12.2 Å². The lowest BCUT2D eigenvalue weighted by atomic mass is 10.2. The maximum absolute atomic E-state index is 12.8. The molecule has 0 aliphatic carbocycles. The minimum absolute atomic E-state index is 0.145. The molecule has 2 heterocycles. The summed E-state index contributed by atoms with van der Waals surface area (Å²) in [7, 11) is 0. The maximum Gasteiger partial charge on any atom is 0.341 e. The summed E-state index contributed by atoms with van der Waals surface area (Å²) in [4.78, 5) is 11.1. The zero-order valence-electron chi connectivity index (χ0n) is 9.82. The molecule has 0 bridgehead atoms. The van der Waals surface area contributed by atoms with Crippen LogP contribution < -0.4 is 0 Å². The molecule has 6 heteroatoms. The number of aromatic nitrogens is 3. The normalized spacial score (nSPS) is 11.0. The van der Waals surface area contributed by atoms with Crippen LogP contribution in [-0.2, 0) is 6.54 Å². The number of aromatic carboxylic acids is 1. The zero-order valence-corrected chi connectivity index (χ0v) is 9.82. The van der Waals surface area contributed by atoms with Gasteiger partial charge in [-0.15, -0.1) is 0 Å². The Kier molecular flexibility index (Phi) is 2.56. The molecule has 1 aromatic carbocycles. The second-order valence-electron chi connectivity index (χ2n) is 4.18. The summed E-state index contributed by atoms with van der Waals surface area (Å²) in [5.41, 5.74) is 1.54. The molecule has 3 aromatic rings. The number of benzene rings is 1. The lowest BCUT2D eigenvalue weighted by Gasteiger charge is -2.04. The van der Waals surface area contributed by atoms with E-state index in [2.05, 4.69) is 5.10 Å². The summed E-state index contributed by atoms with van der Waals surface area (Å²) in [5.74, 6) is -1.31. The van der Waals surface area contributed by atoms with Gasteiger partial charge in [0.25, 0.3) is 0 Å². The largest absolute Gasteiger partial charge is 0.477 e. The first-order valence-electron chi connectivity index (χ1n) is 5.65. The second kappa shape index (κ2) is 4.24. The van der Waals surface area contributed by atoms with Gasteiger partial charge < -0.3 is 9.67 Å². The summed E-state index contributed by atoms with van der Waals surface area (Å²) < 4.78 is 16.1. The molecule has 19 heavy (non-hydrogen) atoms. The molecule has 3 rings (SSSR count). The zero-order chi connectivity index (χ0) is 13.4. The molecule has 0 spiro atoms. The van der Waals surface area contributed by atoms with Crippen molar-refractivity contribution in [2.75, 3.05) is 0 Å². The van der Waals surface area contributed by atoms with Crippen LogP contribution in [0.2, 0.25) is 0 Å². The number of hydrogen-bond donors (Lipinski definition) is 1. The third kappa shape index (κ3) is 1.97. The highest BCUT2D eigenvalue weighted by Gasteiger charge is 2.15. The average molecular weight is 259 g/mol. The third-order valence-electron chi connectivity index (χ3n) is 2.93. The van der Waals surface area contributed by atoms with Crippen LogP contribution in [0.5, 0.6) is 0 Å². The fourth-order valence-electron chi connectivity index (χ4n) is 2.03. The van der Waals surface area contributed by atoms with Crippen molar-refractivity contribution in [1.82, 2.24) is 14.2 Å². The van der Waals surface area contributed by atoms with E-state index in [0.717, 1.165) is 5.56 Å². The van der Waals surface area contributed by atoms with Gasteiger partial charge in [-0.2, -0.15) is 5.10 Å². The average Bonchev–Trinajstić information content (AvgIpc) is 2.95. The van der Waals surface area contributed by atoms with E-state index < -0.39 is 5.97 Å². The molecule has 0 aliphatic rings. The molecule has 1 N–H and O–H groups in total. The number of hydrogen-bond acceptors (Lipinski definition) is 2. The van der Waals surface area contributed by atoms with Crippen molar-refractivity contribution in [3.05, 3.63) is 59.8 Å². The van der Waals surface area contributed by atoms with Crippen LogP contribution in [0.25, 0.3) is 5.65 Å². The fraction of sp³-hybridized carbons (Fsp3) is 0.0769. The minimum Gasteiger partial charge on any atom is -0.477 e. The highest BCUT2D eigenvalue weighted by atomic mass is 19.1. The van der Waals surface area contributed by atoms with Gasteiger partial charge in [0.2, 0.25) is 0 Å². The van der Waals surface area contributed by atoms with Crippen LogP contribution in [0.3, 0.4) is 0 Å². The SMILES string of the molecule is O=C(O)c1cnn2ccn(Cc3ccc(F)cc3)c12. The first-order valence-corrected chi connectivity index (χ1v) is 5.65. The Bertz CT molecular complexity index is 743. The highest BCUT2D eigenvalue weighted by molar-refractivity contribution is 5.94. The van der Waals surface area contributed by atoms with E-state index >= 15 is 0 Å². The van der Waals surface area contributed by atoms with Gasteiger partial charge in [0.15, 0.2) is 5.65 Å². The number of rotatable bonds is 3. The maximum atomic E-state index is 12.8. The van der Waals surface area contributed by atoms with Crippen LogP contribution >= 0.6 is 0 Å². The van der Waals surface area contributed by atoms with Crippen molar-refractivity contribution < 1.29 is 14.3 Å². The van der Waals surface area contributed by atoms with Crippen LogP contribution in [0.4, 0.5) is 4.39 Å². The van der Waals surface area contributed by atoms with E-state index in [1.165, 1.54) is 22.8 Å². The van der Waals surface area contributed by atoms with Crippen molar-refractivity contribution in [2.24, 2.45) is 0 Å². The Hall–Kier alpha value is -2.63. The van der Waals surface area contributed by atoms with Crippen molar-refractivity contribution in [2.45, 2.75) is 6.54 Å². The first-order chi connectivity index (χ1) is 9.15. The molecule has 0 unspecified atom stereocenters. The molecule has 2 aromatic heterocycles. The number of carbonyl (C=O) groups is 1. The van der Waals surface area contributed by atoms with Crippen LogP contribution in [0, 0.1) is 5.82 Å². The minimum atomic E-state index is -1.02. The summed E-state index contributed by atoms with van der Waals surface area (Å²) in [6.07, 6.45) is 4.75. The van der Waals surface area contributed by atoms with E-state index in [4.69, 9.17) is 5.11 Å². The Morgan fingerprint density at radius 3 is 2.68 bits per heavy atom. The molecule has 0 saturated carbocycles. The monoisotopic (exact) mass is 259 g/mol. The molecular weight excluding hydrogens is 249 g/mol.